The number of ether oxygens (including phenoxy) is 1. The van der Waals surface area contributed by atoms with Crippen LogP contribution in [0.3, 0.4) is 0 Å². The molecule has 0 heterocycles. The molecule has 0 amide bonds. The summed E-state index contributed by atoms with van der Waals surface area (Å²) in [5.41, 5.74) is 0.689. The van der Waals surface area contributed by atoms with Crippen molar-refractivity contribution in [3.63, 3.8) is 0 Å². The van der Waals surface area contributed by atoms with E-state index in [1.54, 1.807) is 7.11 Å². The zero-order valence-corrected chi connectivity index (χ0v) is 9.58. The van der Waals surface area contributed by atoms with Crippen molar-refractivity contribution in [2.45, 2.75) is 32.1 Å². The molecular weight excluding hydrogens is 186 g/mol. The van der Waals surface area contributed by atoms with Gasteiger partial charge in [0, 0.05) is 0 Å². The quantitative estimate of drug-likeness (QED) is 0.752. The number of nitriles is 1. The van der Waals surface area contributed by atoms with E-state index in [1.165, 1.54) is 0 Å². The SMILES string of the molecule is CCC[C@@](C)(C#N)c1ccc(OC)cc1. The average molecular weight is 203 g/mol. The molecule has 0 aromatic heterocycles. The molecule has 0 aliphatic carbocycles. The van der Waals surface area contributed by atoms with E-state index in [-0.39, 0.29) is 5.41 Å². The summed E-state index contributed by atoms with van der Waals surface area (Å²) in [4.78, 5) is 0. The van der Waals surface area contributed by atoms with Crippen LogP contribution in [0.2, 0.25) is 0 Å². The molecule has 0 N–H and O–H groups in total. The Kier molecular flexibility index (Phi) is 3.74. The Balaban J connectivity index is 2.98. The Bertz CT molecular complexity index is 350. The van der Waals surface area contributed by atoms with Crippen LogP contribution in [0.4, 0.5) is 0 Å². The molecule has 2 heteroatoms. The van der Waals surface area contributed by atoms with Gasteiger partial charge >= 0.3 is 0 Å². The van der Waals surface area contributed by atoms with Gasteiger partial charge in [0.25, 0.3) is 0 Å². The third-order valence-corrected chi connectivity index (χ3v) is 2.72. The fraction of sp³-hybridized carbons (Fsp3) is 0.462. The topological polar surface area (TPSA) is 33.0 Å². The molecule has 0 radical (unpaired) electrons. The van der Waals surface area contributed by atoms with Crippen molar-refractivity contribution >= 4 is 0 Å². The van der Waals surface area contributed by atoms with Gasteiger partial charge in [0.15, 0.2) is 0 Å². The van der Waals surface area contributed by atoms with Gasteiger partial charge in [0.05, 0.1) is 18.6 Å². The van der Waals surface area contributed by atoms with Crippen LogP contribution in [0.5, 0.6) is 5.75 Å². The highest BCUT2D eigenvalue weighted by Crippen LogP contribution is 2.29. The van der Waals surface area contributed by atoms with Gasteiger partial charge in [-0.1, -0.05) is 25.5 Å². The van der Waals surface area contributed by atoms with Gasteiger partial charge in [0.1, 0.15) is 5.75 Å². The lowest BCUT2D eigenvalue weighted by atomic mass is 9.80. The van der Waals surface area contributed by atoms with Crippen molar-refractivity contribution in [3.8, 4) is 11.8 Å². The van der Waals surface area contributed by atoms with Gasteiger partial charge in [-0.2, -0.15) is 5.26 Å². The van der Waals surface area contributed by atoms with Gasteiger partial charge in [-0.25, -0.2) is 0 Å². The molecule has 1 aromatic carbocycles. The van der Waals surface area contributed by atoms with Crippen LogP contribution in [0, 0.1) is 11.3 Å². The summed E-state index contributed by atoms with van der Waals surface area (Å²) in [5, 5.41) is 9.22. The molecule has 1 atom stereocenters. The van der Waals surface area contributed by atoms with Gasteiger partial charge in [0.2, 0.25) is 0 Å². The van der Waals surface area contributed by atoms with E-state index in [4.69, 9.17) is 4.74 Å². The first-order chi connectivity index (χ1) is 7.16. The van der Waals surface area contributed by atoms with E-state index in [0.717, 1.165) is 24.2 Å². The first-order valence-corrected chi connectivity index (χ1v) is 5.22. The number of hydrogen-bond donors (Lipinski definition) is 0. The molecule has 0 aliphatic rings. The second-order valence-electron chi connectivity index (χ2n) is 3.92. The number of nitrogens with zero attached hydrogens (tertiary/aromatic N) is 1. The minimum atomic E-state index is -0.374. The highest BCUT2D eigenvalue weighted by atomic mass is 16.5. The Morgan fingerprint density at radius 3 is 2.33 bits per heavy atom. The van der Waals surface area contributed by atoms with Crippen molar-refractivity contribution in [2.75, 3.05) is 7.11 Å². The molecule has 0 bridgehead atoms. The van der Waals surface area contributed by atoms with Crippen LogP contribution in [0.25, 0.3) is 0 Å². The Labute approximate surface area is 91.5 Å². The molecule has 0 aliphatic heterocycles. The van der Waals surface area contributed by atoms with Crippen LogP contribution >= 0.6 is 0 Å². The minimum Gasteiger partial charge on any atom is -0.497 e. The maximum atomic E-state index is 9.22. The van der Waals surface area contributed by atoms with Crippen molar-refractivity contribution in [1.82, 2.24) is 0 Å². The third kappa shape index (κ3) is 2.50. The van der Waals surface area contributed by atoms with E-state index in [9.17, 15) is 5.26 Å². The summed E-state index contributed by atoms with van der Waals surface area (Å²) < 4.78 is 5.09. The minimum absolute atomic E-state index is 0.374. The number of hydrogen-bond acceptors (Lipinski definition) is 2. The summed E-state index contributed by atoms with van der Waals surface area (Å²) >= 11 is 0. The van der Waals surface area contributed by atoms with Crippen LogP contribution in [0.15, 0.2) is 24.3 Å². The zero-order valence-electron chi connectivity index (χ0n) is 9.58. The van der Waals surface area contributed by atoms with Gasteiger partial charge in [-0.05, 0) is 31.0 Å². The maximum absolute atomic E-state index is 9.22. The molecule has 1 aromatic rings. The predicted molar refractivity (Wildman–Crippen MR) is 60.9 cm³/mol. The highest BCUT2D eigenvalue weighted by molar-refractivity contribution is 5.35. The molecule has 0 unspecified atom stereocenters. The van der Waals surface area contributed by atoms with E-state index in [2.05, 4.69) is 13.0 Å². The first-order valence-electron chi connectivity index (χ1n) is 5.22. The maximum Gasteiger partial charge on any atom is 0.118 e. The Morgan fingerprint density at radius 1 is 1.33 bits per heavy atom. The van der Waals surface area contributed by atoms with Crippen LogP contribution < -0.4 is 4.74 Å². The largest absolute Gasteiger partial charge is 0.497 e. The fourth-order valence-electron chi connectivity index (χ4n) is 1.72. The predicted octanol–water partition coefficient (Wildman–Crippen LogP) is 3.28. The van der Waals surface area contributed by atoms with Crippen LogP contribution in [-0.4, -0.2) is 7.11 Å². The standard InChI is InChI=1S/C13H17NO/c1-4-9-13(2,10-14)11-5-7-12(15-3)8-6-11/h5-8H,4,9H2,1-3H3/t13-/m0/s1. The molecule has 1 rings (SSSR count). The van der Waals surface area contributed by atoms with Crippen LogP contribution in [-0.2, 0) is 5.41 Å². The summed E-state index contributed by atoms with van der Waals surface area (Å²) in [5.74, 6) is 0.829. The zero-order chi connectivity index (χ0) is 11.3. The van der Waals surface area contributed by atoms with Crippen molar-refractivity contribution in [3.05, 3.63) is 29.8 Å². The molecule has 0 saturated heterocycles. The third-order valence-electron chi connectivity index (χ3n) is 2.72. The molecule has 0 fully saturated rings. The lowest BCUT2D eigenvalue weighted by molar-refractivity contribution is 0.414. The second kappa shape index (κ2) is 4.84. The number of benzene rings is 1. The smallest absolute Gasteiger partial charge is 0.118 e. The molecular formula is C13H17NO. The van der Waals surface area contributed by atoms with E-state index < -0.39 is 0 Å². The second-order valence-corrected chi connectivity index (χ2v) is 3.92. The molecule has 15 heavy (non-hydrogen) atoms. The van der Waals surface area contributed by atoms with Crippen molar-refractivity contribution in [1.29, 1.82) is 5.26 Å². The number of methoxy groups -OCH3 is 1. The van der Waals surface area contributed by atoms with Crippen LogP contribution in [0.1, 0.15) is 32.3 Å². The molecule has 0 spiro atoms. The van der Waals surface area contributed by atoms with Gasteiger partial charge in [-0.3, -0.25) is 0 Å². The highest BCUT2D eigenvalue weighted by Gasteiger charge is 2.24. The monoisotopic (exact) mass is 203 g/mol. The normalized spacial score (nSPS) is 14.0. The van der Waals surface area contributed by atoms with Gasteiger partial charge in [-0.15, -0.1) is 0 Å². The molecule has 80 valence electrons. The van der Waals surface area contributed by atoms with E-state index >= 15 is 0 Å². The fourth-order valence-corrected chi connectivity index (χ4v) is 1.72. The lowest BCUT2D eigenvalue weighted by Gasteiger charge is -2.21. The summed E-state index contributed by atoms with van der Waals surface area (Å²) in [7, 11) is 1.64. The van der Waals surface area contributed by atoms with Gasteiger partial charge < -0.3 is 4.74 Å². The first kappa shape index (κ1) is 11.6. The number of rotatable bonds is 4. The van der Waals surface area contributed by atoms with E-state index in [1.807, 2.05) is 31.2 Å². The molecule has 2 nitrogen and oxygen atoms in total. The lowest BCUT2D eigenvalue weighted by Crippen LogP contribution is -2.18. The Morgan fingerprint density at radius 2 is 1.93 bits per heavy atom. The summed E-state index contributed by atoms with van der Waals surface area (Å²) in [6, 6.07) is 10.1. The summed E-state index contributed by atoms with van der Waals surface area (Å²) in [6.45, 7) is 4.08. The Hall–Kier alpha value is -1.49. The van der Waals surface area contributed by atoms with Crippen molar-refractivity contribution < 1.29 is 4.74 Å². The average Bonchev–Trinajstić information content (AvgIpc) is 2.29. The van der Waals surface area contributed by atoms with Crippen molar-refractivity contribution in [2.24, 2.45) is 0 Å². The van der Waals surface area contributed by atoms with E-state index in [0.29, 0.717) is 0 Å². The summed E-state index contributed by atoms with van der Waals surface area (Å²) in [6.07, 6.45) is 1.89. The molecule has 0 saturated carbocycles.